The Bertz CT molecular complexity index is 2010. The molecule has 0 fully saturated rings. The van der Waals surface area contributed by atoms with Crippen LogP contribution < -0.4 is 27.4 Å². The molecule has 2 heterocycles. The van der Waals surface area contributed by atoms with Crippen molar-refractivity contribution in [1.82, 2.24) is 25.8 Å². The lowest BCUT2D eigenvalue weighted by Crippen LogP contribution is -2.56. The van der Waals surface area contributed by atoms with Crippen LogP contribution in [0, 0.1) is 0 Å². The molecule has 7 N–H and O–H groups in total. The van der Waals surface area contributed by atoms with Crippen molar-refractivity contribution >= 4 is 46.7 Å². The number of halogens is 1. The van der Waals surface area contributed by atoms with Gasteiger partial charge in [0.15, 0.2) is 0 Å². The number of nitrogens with zero attached hydrogens (tertiary/aromatic N) is 2. The van der Waals surface area contributed by atoms with E-state index < -0.39 is 18.1 Å². The molecule has 0 saturated heterocycles. The van der Waals surface area contributed by atoms with Gasteiger partial charge in [0.2, 0.25) is 17.7 Å². The second kappa shape index (κ2) is 19.4. The smallest absolute Gasteiger partial charge is 0.245 e. The first-order valence-corrected chi connectivity index (χ1v) is 20.2. The van der Waals surface area contributed by atoms with Gasteiger partial charge in [0.1, 0.15) is 12.1 Å². The summed E-state index contributed by atoms with van der Waals surface area (Å²) in [6, 6.07) is 21.6. The third kappa shape index (κ3) is 10.0. The van der Waals surface area contributed by atoms with Crippen LogP contribution in [0.1, 0.15) is 60.8 Å². The number of hydrogen-bond acceptors (Lipinski definition) is 8. The summed E-state index contributed by atoms with van der Waals surface area (Å²) in [7, 11) is 1.66. The average Bonchev–Trinajstić information content (AvgIpc) is 3.62. The number of nitrogens with two attached hydrogens (primary N) is 2. The Morgan fingerprint density at radius 3 is 2.38 bits per heavy atom. The number of benzene rings is 3. The highest BCUT2D eigenvalue weighted by Crippen LogP contribution is 2.40. The highest BCUT2D eigenvalue weighted by molar-refractivity contribution is 7.99. The summed E-state index contributed by atoms with van der Waals surface area (Å²) >= 11 is 8.64. The third-order valence-corrected chi connectivity index (χ3v) is 12.0. The van der Waals surface area contributed by atoms with Gasteiger partial charge in [-0.3, -0.25) is 19.4 Å². The van der Waals surface area contributed by atoms with Crippen LogP contribution in [-0.4, -0.2) is 65.9 Å². The quantitative estimate of drug-likeness (QED) is 0.126. The van der Waals surface area contributed by atoms with Crippen molar-refractivity contribution in [2.45, 2.75) is 86.0 Å². The first kappa shape index (κ1) is 40.2. The molecule has 0 radical (unpaired) electrons. The normalized spacial score (nSPS) is 19.4. The largest absolute Gasteiger partial charge is 0.350 e. The van der Waals surface area contributed by atoms with Crippen LogP contribution in [0.25, 0.3) is 16.7 Å². The van der Waals surface area contributed by atoms with E-state index in [4.69, 9.17) is 23.1 Å². The highest BCUT2D eigenvalue weighted by atomic mass is 35.5. The Morgan fingerprint density at radius 2 is 1.60 bits per heavy atom. The summed E-state index contributed by atoms with van der Waals surface area (Å²) < 4.78 is 0. The number of carbonyl (C=O) groups excluding carboxylic acids is 3. The van der Waals surface area contributed by atoms with Crippen LogP contribution in [-0.2, 0) is 33.9 Å². The Labute approximate surface area is 332 Å². The van der Waals surface area contributed by atoms with Crippen LogP contribution in [0.2, 0.25) is 5.02 Å². The van der Waals surface area contributed by atoms with E-state index in [1.165, 1.54) is 22.2 Å². The van der Waals surface area contributed by atoms with Crippen molar-refractivity contribution in [3.05, 3.63) is 119 Å². The van der Waals surface area contributed by atoms with E-state index in [-0.39, 0.29) is 24.3 Å². The fraction of sp³-hybridized carbons (Fsp3) is 0.349. The van der Waals surface area contributed by atoms with Crippen molar-refractivity contribution in [2.75, 3.05) is 20.1 Å². The maximum Gasteiger partial charge on any atom is 0.245 e. The second-order valence-electron chi connectivity index (χ2n) is 14.1. The molecule has 10 nitrogen and oxygen atoms in total. The van der Waals surface area contributed by atoms with Gasteiger partial charge in [0.25, 0.3) is 0 Å². The van der Waals surface area contributed by atoms with Crippen LogP contribution in [0.5, 0.6) is 0 Å². The monoisotopic (exact) mass is 779 g/mol. The van der Waals surface area contributed by atoms with Crippen molar-refractivity contribution in [3.8, 4) is 11.1 Å². The zero-order valence-corrected chi connectivity index (χ0v) is 32.8. The molecule has 1 aliphatic heterocycles. The fourth-order valence-electron chi connectivity index (χ4n) is 7.22. The molecular formula is C43H50ClN7O3S. The zero-order chi connectivity index (χ0) is 38.7. The van der Waals surface area contributed by atoms with Gasteiger partial charge >= 0.3 is 0 Å². The Morgan fingerprint density at radius 1 is 0.836 bits per heavy atom. The Hall–Kier alpha value is -4.52. The third-order valence-electron chi connectivity index (χ3n) is 10.3. The summed E-state index contributed by atoms with van der Waals surface area (Å²) in [5.41, 5.74) is 18.6. The number of hydrogen-bond donors (Lipinski definition) is 5. The topological polar surface area (TPSA) is 155 Å². The second-order valence-corrected chi connectivity index (χ2v) is 15.5. The molecule has 288 valence electrons. The number of unbranched alkanes of at least 4 members (excludes halogenated alkanes) is 1. The number of nitrogens with one attached hydrogen (secondary N) is 3. The maximum atomic E-state index is 14.6. The van der Waals surface area contributed by atoms with E-state index in [1.54, 1.807) is 19.4 Å². The molecule has 2 aliphatic rings. The molecule has 0 unspecified atom stereocenters. The van der Waals surface area contributed by atoms with Gasteiger partial charge in [0, 0.05) is 54.3 Å². The standard InChI is InChI=1S/C43H50ClN7O3S/c1-51-38(24-29-18-17-28-10-2-4-13-34(28)29)42(53)49-27-33-22-32(30-12-9-21-47-25-30)23-35(44)40(33)55-39-16-5-3-11-31(39)26-48-36(15-8-20-46)41(52)50-37(43(51)54)14-6-7-19-45/h2-5,9-13,16,18,21-23,25,36-38,48H,6-8,14-15,17,19-20,24,26-27,45-46H2,1H3,(H,49,53)(H,50,52)/t36-,37-,38-/m0/s1. The van der Waals surface area contributed by atoms with Crippen LogP contribution in [0.4, 0.5) is 0 Å². The number of amides is 3. The first-order chi connectivity index (χ1) is 26.8. The van der Waals surface area contributed by atoms with Gasteiger partial charge < -0.3 is 32.3 Å². The molecule has 4 aromatic rings. The number of allylic oxidation sites excluding steroid dienone is 1. The van der Waals surface area contributed by atoms with E-state index in [0.717, 1.165) is 49.6 Å². The summed E-state index contributed by atoms with van der Waals surface area (Å²) in [6.07, 6.45) is 9.54. The molecule has 3 atom stereocenters. The van der Waals surface area contributed by atoms with Crippen LogP contribution in [0.3, 0.4) is 0 Å². The molecule has 12 heteroatoms. The van der Waals surface area contributed by atoms with Crippen LogP contribution >= 0.6 is 23.4 Å². The van der Waals surface area contributed by atoms with Gasteiger partial charge in [-0.05, 0) is 109 Å². The first-order valence-electron chi connectivity index (χ1n) is 19.0. The van der Waals surface area contributed by atoms with Crippen molar-refractivity contribution in [1.29, 1.82) is 0 Å². The lowest BCUT2D eigenvalue weighted by molar-refractivity contribution is -0.142. The molecule has 0 saturated carbocycles. The number of likely N-dealkylation sites (N-methyl/N-ethyl adjacent to an activating group) is 1. The minimum absolute atomic E-state index is 0.168. The minimum atomic E-state index is -0.866. The number of carbonyl (C=O) groups is 3. The summed E-state index contributed by atoms with van der Waals surface area (Å²) in [5, 5.41) is 10.3. The number of aromatic nitrogens is 1. The lowest BCUT2D eigenvalue weighted by Gasteiger charge is -2.32. The molecule has 0 spiro atoms. The minimum Gasteiger partial charge on any atom is -0.350 e. The molecule has 6 rings (SSSR count). The van der Waals surface area contributed by atoms with Gasteiger partial charge in [-0.15, -0.1) is 0 Å². The molecule has 1 aromatic heterocycles. The Balaban J connectivity index is 1.43. The predicted molar refractivity (Wildman–Crippen MR) is 220 cm³/mol. The van der Waals surface area contributed by atoms with E-state index >= 15 is 0 Å². The molecule has 3 amide bonds. The molecular weight excluding hydrogens is 730 g/mol. The lowest BCUT2D eigenvalue weighted by atomic mass is 9.97. The maximum absolute atomic E-state index is 14.6. The molecule has 0 bridgehead atoms. The van der Waals surface area contributed by atoms with Gasteiger partial charge in [-0.25, -0.2) is 0 Å². The van der Waals surface area contributed by atoms with E-state index in [2.05, 4.69) is 39.1 Å². The average molecular weight is 780 g/mol. The van der Waals surface area contributed by atoms with Gasteiger partial charge in [-0.2, -0.15) is 0 Å². The summed E-state index contributed by atoms with van der Waals surface area (Å²) in [6.45, 7) is 1.45. The predicted octanol–water partition coefficient (Wildman–Crippen LogP) is 5.85. The molecule has 3 aromatic carbocycles. The van der Waals surface area contributed by atoms with E-state index in [0.29, 0.717) is 63.2 Å². The van der Waals surface area contributed by atoms with Crippen molar-refractivity contribution < 1.29 is 14.4 Å². The summed E-state index contributed by atoms with van der Waals surface area (Å²) in [4.78, 5) is 50.8. The number of fused-ring (bicyclic) bond motifs is 3. The molecule has 1 aliphatic carbocycles. The van der Waals surface area contributed by atoms with E-state index in [1.807, 2.05) is 60.7 Å². The van der Waals surface area contributed by atoms with Crippen LogP contribution in [0.15, 0.2) is 101 Å². The summed E-state index contributed by atoms with van der Waals surface area (Å²) in [5.74, 6) is -0.922. The van der Waals surface area contributed by atoms with Crippen molar-refractivity contribution in [2.24, 2.45) is 11.5 Å². The number of pyridine rings is 1. The van der Waals surface area contributed by atoms with Gasteiger partial charge in [0.05, 0.1) is 11.1 Å². The van der Waals surface area contributed by atoms with Gasteiger partial charge in [-0.1, -0.05) is 78.0 Å². The SMILES string of the molecule is CN1C(=O)[C@H](CCCCN)NC(=O)[C@H](CCCN)NCc2ccccc2Sc2c(Cl)cc(-c3cccnc3)cc2CNC(=O)[C@@H]1CC1=CCc2ccccc21. The fourth-order valence-corrected chi connectivity index (χ4v) is 8.63. The Kier molecular flexibility index (Phi) is 14.1. The molecule has 55 heavy (non-hydrogen) atoms. The zero-order valence-electron chi connectivity index (χ0n) is 31.2. The number of rotatable bonds is 10. The van der Waals surface area contributed by atoms with Crippen molar-refractivity contribution in [3.63, 3.8) is 0 Å². The van der Waals surface area contributed by atoms with E-state index in [9.17, 15) is 14.4 Å². The highest BCUT2D eigenvalue weighted by Gasteiger charge is 2.35.